The maximum absolute atomic E-state index is 6.22. The number of aryl methyl sites for hydroxylation is 1. The first-order chi connectivity index (χ1) is 9.76. The van der Waals surface area contributed by atoms with Gasteiger partial charge in [-0.25, -0.2) is 4.98 Å². The lowest BCUT2D eigenvalue weighted by molar-refractivity contribution is 0.179. The molecule has 0 spiro atoms. The minimum absolute atomic E-state index is 0.306. The highest BCUT2D eigenvalue weighted by molar-refractivity contribution is 7.18. The third kappa shape index (κ3) is 2.87. The van der Waals surface area contributed by atoms with Gasteiger partial charge in [0.1, 0.15) is 10.9 Å². The number of anilines is 1. The molecule has 2 heterocycles. The molecule has 5 heteroatoms. The van der Waals surface area contributed by atoms with Gasteiger partial charge in [0.2, 0.25) is 11.8 Å². The highest BCUT2D eigenvalue weighted by atomic mass is 32.1. The van der Waals surface area contributed by atoms with E-state index in [9.17, 15) is 0 Å². The average molecular weight is 291 g/mol. The van der Waals surface area contributed by atoms with Gasteiger partial charge in [-0.3, -0.25) is 0 Å². The summed E-state index contributed by atoms with van der Waals surface area (Å²) in [7, 11) is 1.84. The Hall–Kier alpha value is -1.36. The van der Waals surface area contributed by atoms with Gasteiger partial charge in [-0.05, 0) is 38.7 Å². The van der Waals surface area contributed by atoms with Gasteiger partial charge < -0.3 is 10.1 Å². The van der Waals surface area contributed by atoms with E-state index in [1.54, 1.807) is 11.3 Å². The van der Waals surface area contributed by atoms with Crippen molar-refractivity contribution < 1.29 is 4.74 Å². The highest BCUT2D eigenvalue weighted by Crippen LogP contribution is 2.32. The molecule has 2 aromatic rings. The number of thiophene rings is 1. The molecule has 1 aliphatic rings. The smallest absolute Gasteiger partial charge is 0.227 e. The summed E-state index contributed by atoms with van der Waals surface area (Å²) in [5, 5.41) is 4.07. The van der Waals surface area contributed by atoms with E-state index >= 15 is 0 Å². The first-order valence-corrected chi connectivity index (χ1v) is 8.20. The molecule has 2 aromatic heterocycles. The van der Waals surface area contributed by atoms with Crippen LogP contribution in [-0.2, 0) is 0 Å². The molecule has 0 aliphatic heterocycles. The van der Waals surface area contributed by atoms with Crippen molar-refractivity contribution in [2.45, 2.75) is 51.6 Å². The highest BCUT2D eigenvalue weighted by Gasteiger charge is 2.18. The number of hydrogen-bond acceptors (Lipinski definition) is 5. The van der Waals surface area contributed by atoms with Crippen LogP contribution in [0.1, 0.15) is 43.4 Å². The molecule has 3 rings (SSSR count). The molecule has 1 N–H and O–H groups in total. The van der Waals surface area contributed by atoms with E-state index in [0.717, 1.165) is 28.9 Å². The molecule has 4 nitrogen and oxygen atoms in total. The molecule has 0 saturated heterocycles. The van der Waals surface area contributed by atoms with E-state index < -0.39 is 0 Å². The summed E-state index contributed by atoms with van der Waals surface area (Å²) >= 11 is 1.69. The third-order valence-corrected chi connectivity index (χ3v) is 4.73. The van der Waals surface area contributed by atoms with E-state index in [2.05, 4.69) is 28.3 Å². The summed E-state index contributed by atoms with van der Waals surface area (Å²) in [6.45, 7) is 2.10. The van der Waals surface area contributed by atoms with Crippen LogP contribution in [0.2, 0.25) is 0 Å². The van der Waals surface area contributed by atoms with Crippen LogP contribution >= 0.6 is 11.3 Å². The van der Waals surface area contributed by atoms with Crippen molar-refractivity contribution in [2.24, 2.45) is 0 Å². The van der Waals surface area contributed by atoms with E-state index in [1.807, 2.05) is 7.05 Å². The van der Waals surface area contributed by atoms with Crippen molar-refractivity contribution in [3.8, 4) is 5.88 Å². The minimum atomic E-state index is 0.306. The fraction of sp³-hybridized carbons (Fsp3) is 0.600. The van der Waals surface area contributed by atoms with E-state index in [0.29, 0.717) is 12.1 Å². The topological polar surface area (TPSA) is 47.0 Å². The monoisotopic (exact) mass is 291 g/mol. The van der Waals surface area contributed by atoms with Gasteiger partial charge in [-0.2, -0.15) is 4.98 Å². The van der Waals surface area contributed by atoms with Crippen molar-refractivity contribution >= 4 is 27.5 Å². The Labute approximate surface area is 123 Å². The average Bonchev–Trinajstić information content (AvgIpc) is 2.65. The number of hydrogen-bond donors (Lipinski definition) is 1. The van der Waals surface area contributed by atoms with Crippen LogP contribution in [-0.4, -0.2) is 23.1 Å². The van der Waals surface area contributed by atoms with E-state index in [4.69, 9.17) is 4.74 Å². The summed E-state index contributed by atoms with van der Waals surface area (Å²) in [5.41, 5.74) is 0. The molecule has 0 unspecified atom stereocenters. The van der Waals surface area contributed by atoms with Crippen LogP contribution < -0.4 is 10.1 Å². The zero-order valence-corrected chi connectivity index (χ0v) is 12.9. The van der Waals surface area contributed by atoms with Gasteiger partial charge in [-0.15, -0.1) is 11.3 Å². The van der Waals surface area contributed by atoms with E-state index in [-0.39, 0.29) is 0 Å². The Morgan fingerprint density at radius 1 is 1.20 bits per heavy atom. The van der Waals surface area contributed by atoms with Crippen LogP contribution in [0.4, 0.5) is 5.95 Å². The minimum Gasteiger partial charge on any atom is -0.474 e. The molecule has 1 saturated carbocycles. The second-order valence-electron chi connectivity index (χ2n) is 5.41. The Morgan fingerprint density at radius 2 is 1.95 bits per heavy atom. The third-order valence-electron chi connectivity index (χ3n) is 3.79. The van der Waals surface area contributed by atoms with Crippen molar-refractivity contribution in [1.29, 1.82) is 0 Å². The standard InChI is InChI=1S/C15H21N3OS/c1-10-9-12-13(17-15(16-2)18-14(12)20-10)19-11-7-5-3-4-6-8-11/h9,11H,3-8H2,1-2H3,(H,16,17,18). The summed E-state index contributed by atoms with van der Waals surface area (Å²) in [6.07, 6.45) is 7.78. The maximum atomic E-state index is 6.22. The Kier molecular flexibility index (Phi) is 4.05. The van der Waals surface area contributed by atoms with Crippen molar-refractivity contribution in [1.82, 2.24) is 9.97 Å². The Bertz CT molecular complexity index is 588. The molecule has 20 heavy (non-hydrogen) atoms. The normalized spacial score (nSPS) is 17.1. The largest absolute Gasteiger partial charge is 0.474 e. The molecule has 0 radical (unpaired) electrons. The fourth-order valence-corrected chi connectivity index (χ4v) is 3.61. The SMILES string of the molecule is CNc1nc(OC2CCCCCC2)c2cc(C)sc2n1. The lowest BCUT2D eigenvalue weighted by Gasteiger charge is -2.17. The molecular weight excluding hydrogens is 270 g/mol. The number of aromatic nitrogens is 2. The summed E-state index contributed by atoms with van der Waals surface area (Å²) in [4.78, 5) is 11.3. The maximum Gasteiger partial charge on any atom is 0.227 e. The fourth-order valence-electron chi connectivity index (χ4n) is 2.74. The number of nitrogens with one attached hydrogen (secondary N) is 1. The molecule has 0 amide bonds. The van der Waals surface area contributed by atoms with Gasteiger partial charge in [0.15, 0.2) is 0 Å². The molecule has 108 valence electrons. The van der Waals surface area contributed by atoms with Crippen molar-refractivity contribution in [3.05, 3.63) is 10.9 Å². The summed E-state index contributed by atoms with van der Waals surface area (Å²) in [6, 6.07) is 2.13. The summed E-state index contributed by atoms with van der Waals surface area (Å²) < 4.78 is 6.22. The lowest BCUT2D eigenvalue weighted by atomic mass is 10.1. The van der Waals surface area contributed by atoms with Gasteiger partial charge in [0, 0.05) is 11.9 Å². The van der Waals surface area contributed by atoms with Crippen LogP contribution in [0.15, 0.2) is 6.07 Å². The van der Waals surface area contributed by atoms with E-state index in [1.165, 1.54) is 30.6 Å². The van der Waals surface area contributed by atoms with Crippen molar-refractivity contribution in [2.75, 3.05) is 12.4 Å². The molecule has 0 aromatic carbocycles. The number of fused-ring (bicyclic) bond motifs is 1. The van der Waals surface area contributed by atoms with Crippen LogP contribution in [0, 0.1) is 6.92 Å². The zero-order chi connectivity index (χ0) is 13.9. The first-order valence-electron chi connectivity index (χ1n) is 7.39. The predicted molar refractivity (Wildman–Crippen MR) is 83.8 cm³/mol. The summed E-state index contributed by atoms with van der Waals surface area (Å²) in [5.74, 6) is 1.39. The number of ether oxygens (including phenoxy) is 1. The molecule has 0 atom stereocenters. The van der Waals surface area contributed by atoms with Crippen LogP contribution in [0.25, 0.3) is 10.2 Å². The van der Waals surface area contributed by atoms with Gasteiger partial charge >= 0.3 is 0 Å². The lowest BCUT2D eigenvalue weighted by Crippen LogP contribution is -2.16. The first kappa shape index (κ1) is 13.6. The van der Waals surface area contributed by atoms with Crippen molar-refractivity contribution in [3.63, 3.8) is 0 Å². The Morgan fingerprint density at radius 3 is 2.65 bits per heavy atom. The molecule has 0 bridgehead atoms. The second kappa shape index (κ2) is 5.95. The molecule has 1 fully saturated rings. The molecule has 1 aliphatic carbocycles. The molecular formula is C15H21N3OS. The number of nitrogens with zero attached hydrogens (tertiary/aromatic N) is 2. The number of rotatable bonds is 3. The van der Waals surface area contributed by atoms with Gasteiger partial charge in [-0.1, -0.05) is 12.8 Å². The second-order valence-corrected chi connectivity index (χ2v) is 6.64. The zero-order valence-electron chi connectivity index (χ0n) is 12.1. The van der Waals surface area contributed by atoms with Crippen LogP contribution in [0.3, 0.4) is 0 Å². The van der Waals surface area contributed by atoms with Crippen LogP contribution in [0.5, 0.6) is 5.88 Å². The Balaban J connectivity index is 1.92. The predicted octanol–water partition coefficient (Wildman–Crippen LogP) is 4.14. The quantitative estimate of drug-likeness (QED) is 0.863. The van der Waals surface area contributed by atoms with Gasteiger partial charge in [0.25, 0.3) is 0 Å². The van der Waals surface area contributed by atoms with Gasteiger partial charge in [0.05, 0.1) is 5.39 Å².